The Morgan fingerprint density at radius 1 is 0.967 bits per heavy atom. The summed E-state index contributed by atoms with van der Waals surface area (Å²) in [6.45, 7) is -0.351. The molecule has 4 rings (SSSR count). The van der Waals surface area contributed by atoms with E-state index in [0.717, 1.165) is 5.56 Å². The fourth-order valence-corrected chi connectivity index (χ4v) is 3.34. The van der Waals surface area contributed by atoms with Gasteiger partial charge in [0.05, 0.1) is 16.0 Å². The van der Waals surface area contributed by atoms with Crippen molar-refractivity contribution >= 4 is 40.1 Å². The summed E-state index contributed by atoms with van der Waals surface area (Å²) in [6, 6.07) is 18.5. The molecular formula is C23H14Cl2O5. The molecule has 0 aliphatic heterocycles. The van der Waals surface area contributed by atoms with Crippen LogP contribution in [0, 0.1) is 0 Å². The van der Waals surface area contributed by atoms with Gasteiger partial charge in [0.2, 0.25) is 0 Å². The van der Waals surface area contributed by atoms with E-state index in [4.69, 9.17) is 37.1 Å². The van der Waals surface area contributed by atoms with E-state index in [1.165, 1.54) is 24.5 Å². The lowest BCUT2D eigenvalue weighted by molar-refractivity contribution is -0.136. The highest BCUT2D eigenvalue weighted by atomic mass is 35.5. The van der Waals surface area contributed by atoms with Gasteiger partial charge >= 0.3 is 5.97 Å². The van der Waals surface area contributed by atoms with Gasteiger partial charge in [0.25, 0.3) is 0 Å². The first kappa shape index (κ1) is 20.0. The molecule has 4 aromatic rings. The van der Waals surface area contributed by atoms with Crippen molar-refractivity contribution in [3.8, 4) is 22.6 Å². The SMILES string of the molecule is O=C(COc1ccc(Cl)cc1Cl)Oc1ccc2c(=O)c(-c3ccccc3)coc2c1. The Kier molecular flexibility index (Phi) is 5.74. The third-order valence-electron chi connectivity index (χ3n) is 4.30. The van der Waals surface area contributed by atoms with E-state index in [1.807, 2.05) is 30.3 Å². The van der Waals surface area contributed by atoms with Crippen molar-refractivity contribution in [1.29, 1.82) is 0 Å². The van der Waals surface area contributed by atoms with Gasteiger partial charge in [-0.3, -0.25) is 4.79 Å². The Labute approximate surface area is 181 Å². The molecule has 0 saturated heterocycles. The fraction of sp³-hybridized carbons (Fsp3) is 0.0435. The van der Waals surface area contributed by atoms with Gasteiger partial charge in [-0.05, 0) is 35.9 Å². The molecule has 1 heterocycles. The molecule has 150 valence electrons. The third-order valence-corrected chi connectivity index (χ3v) is 4.83. The maximum Gasteiger partial charge on any atom is 0.349 e. The molecule has 7 heteroatoms. The summed E-state index contributed by atoms with van der Waals surface area (Å²) in [5.41, 5.74) is 1.37. The number of carbonyl (C=O) groups excluding carboxylic acids is 1. The van der Waals surface area contributed by atoms with Crippen molar-refractivity contribution in [3.63, 3.8) is 0 Å². The second kappa shape index (κ2) is 8.61. The van der Waals surface area contributed by atoms with Crippen LogP contribution >= 0.6 is 23.2 Å². The highest BCUT2D eigenvalue weighted by Gasteiger charge is 2.12. The molecule has 0 bridgehead atoms. The van der Waals surface area contributed by atoms with Crippen LogP contribution in [0.15, 0.2) is 82.2 Å². The normalized spacial score (nSPS) is 10.7. The highest BCUT2D eigenvalue weighted by Crippen LogP contribution is 2.28. The monoisotopic (exact) mass is 440 g/mol. The zero-order chi connectivity index (χ0) is 21.1. The van der Waals surface area contributed by atoms with E-state index in [9.17, 15) is 9.59 Å². The standard InChI is InChI=1S/C23H14Cl2O5/c24-15-6-9-20(19(25)10-15)29-13-22(26)30-16-7-8-17-21(11-16)28-12-18(23(17)27)14-4-2-1-3-5-14/h1-12H,13H2. The van der Waals surface area contributed by atoms with Gasteiger partial charge in [0.15, 0.2) is 12.0 Å². The number of esters is 1. The molecule has 0 fully saturated rings. The molecule has 0 spiro atoms. The van der Waals surface area contributed by atoms with Gasteiger partial charge in [0, 0.05) is 11.1 Å². The number of hydrogen-bond donors (Lipinski definition) is 0. The smallest absolute Gasteiger partial charge is 0.349 e. The van der Waals surface area contributed by atoms with Crippen LogP contribution in [-0.2, 0) is 4.79 Å². The zero-order valence-corrected chi connectivity index (χ0v) is 16.9. The Bertz CT molecular complexity index is 1280. The topological polar surface area (TPSA) is 65.7 Å². The molecule has 0 N–H and O–H groups in total. The van der Waals surface area contributed by atoms with Gasteiger partial charge < -0.3 is 13.9 Å². The van der Waals surface area contributed by atoms with Crippen LogP contribution in [0.4, 0.5) is 0 Å². The molecule has 0 atom stereocenters. The van der Waals surface area contributed by atoms with Crippen LogP contribution < -0.4 is 14.9 Å². The van der Waals surface area contributed by atoms with E-state index in [2.05, 4.69) is 0 Å². The van der Waals surface area contributed by atoms with Crippen molar-refractivity contribution in [1.82, 2.24) is 0 Å². The summed E-state index contributed by atoms with van der Waals surface area (Å²) in [5.74, 6) is -0.0894. The number of rotatable bonds is 5. The quantitative estimate of drug-likeness (QED) is 0.292. The molecule has 0 unspecified atom stereocenters. The molecule has 0 amide bonds. The van der Waals surface area contributed by atoms with Gasteiger partial charge in [-0.25, -0.2) is 4.79 Å². The molecule has 3 aromatic carbocycles. The largest absolute Gasteiger partial charge is 0.480 e. The van der Waals surface area contributed by atoms with Gasteiger partial charge in [0.1, 0.15) is 23.3 Å². The lowest BCUT2D eigenvalue weighted by Gasteiger charge is -2.09. The van der Waals surface area contributed by atoms with Crippen molar-refractivity contribution in [2.75, 3.05) is 6.61 Å². The number of carbonyl (C=O) groups is 1. The molecule has 0 aliphatic carbocycles. The van der Waals surface area contributed by atoms with Gasteiger partial charge in [-0.15, -0.1) is 0 Å². The van der Waals surface area contributed by atoms with E-state index in [0.29, 0.717) is 27.3 Å². The average molecular weight is 441 g/mol. The third kappa shape index (κ3) is 4.32. The summed E-state index contributed by atoms with van der Waals surface area (Å²) in [4.78, 5) is 24.9. The van der Waals surface area contributed by atoms with Crippen LogP contribution in [0.25, 0.3) is 22.1 Å². The molecule has 0 aliphatic rings. The second-order valence-electron chi connectivity index (χ2n) is 6.34. The maximum atomic E-state index is 12.8. The van der Waals surface area contributed by atoms with Crippen molar-refractivity contribution in [3.05, 3.63) is 93.3 Å². The summed E-state index contributed by atoms with van der Waals surface area (Å²) in [5, 5.41) is 1.14. The lowest BCUT2D eigenvalue weighted by atomic mass is 10.1. The summed E-state index contributed by atoms with van der Waals surface area (Å²) < 4.78 is 16.2. The Morgan fingerprint density at radius 2 is 1.77 bits per heavy atom. The number of benzene rings is 3. The van der Waals surface area contributed by atoms with E-state index >= 15 is 0 Å². The first-order chi connectivity index (χ1) is 14.5. The molecule has 5 nitrogen and oxygen atoms in total. The minimum absolute atomic E-state index is 0.166. The number of halogens is 2. The van der Waals surface area contributed by atoms with E-state index in [1.54, 1.807) is 18.2 Å². The van der Waals surface area contributed by atoms with Crippen LogP contribution in [0.3, 0.4) is 0 Å². The van der Waals surface area contributed by atoms with Crippen LogP contribution in [-0.4, -0.2) is 12.6 Å². The predicted molar refractivity (Wildman–Crippen MR) is 116 cm³/mol. The summed E-state index contributed by atoms with van der Waals surface area (Å²) >= 11 is 11.8. The summed E-state index contributed by atoms with van der Waals surface area (Å²) in [7, 11) is 0. The fourth-order valence-electron chi connectivity index (χ4n) is 2.88. The Hall–Kier alpha value is -3.28. The second-order valence-corrected chi connectivity index (χ2v) is 7.18. The van der Waals surface area contributed by atoms with E-state index < -0.39 is 5.97 Å². The van der Waals surface area contributed by atoms with Crippen LogP contribution in [0.5, 0.6) is 11.5 Å². The van der Waals surface area contributed by atoms with Gasteiger partial charge in [-0.1, -0.05) is 53.5 Å². The van der Waals surface area contributed by atoms with Crippen LogP contribution in [0.2, 0.25) is 10.0 Å². The lowest BCUT2D eigenvalue weighted by Crippen LogP contribution is -2.17. The summed E-state index contributed by atoms with van der Waals surface area (Å²) in [6.07, 6.45) is 1.40. The minimum Gasteiger partial charge on any atom is -0.480 e. The van der Waals surface area contributed by atoms with Crippen molar-refractivity contribution < 1.29 is 18.7 Å². The minimum atomic E-state index is -0.636. The molecular weight excluding hydrogens is 427 g/mol. The number of ether oxygens (including phenoxy) is 2. The Balaban J connectivity index is 1.49. The van der Waals surface area contributed by atoms with Crippen molar-refractivity contribution in [2.24, 2.45) is 0 Å². The number of fused-ring (bicyclic) bond motifs is 1. The molecule has 30 heavy (non-hydrogen) atoms. The molecule has 0 radical (unpaired) electrons. The molecule has 0 saturated carbocycles. The maximum absolute atomic E-state index is 12.8. The Morgan fingerprint density at radius 3 is 2.53 bits per heavy atom. The predicted octanol–water partition coefficient (Wildman–Crippen LogP) is 5.75. The van der Waals surface area contributed by atoms with Gasteiger partial charge in [-0.2, -0.15) is 0 Å². The average Bonchev–Trinajstić information content (AvgIpc) is 2.74. The van der Waals surface area contributed by atoms with E-state index in [-0.39, 0.29) is 22.8 Å². The first-order valence-electron chi connectivity index (χ1n) is 8.91. The number of hydrogen-bond acceptors (Lipinski definition) is 5. The zero-order valence-electron chi connectivity index (χ0n) is 15.4. The molecule has 1 aromatic heterocycles. The highest BCUT2D eigenvalue weighted by molar-refractivity contribution is 6.35. The van der Waals surface area contributed by atoms with Crippen LogP contribution in [0.1, 0.15) is 0 Å². The van der Waals surface area contributed by atoms with Crippen molar-refractivity contribution in [2.45, 2.75) is 0 Å². The first-order valence-corrected chi connectivity index (χ1v) is 9.66.